The molecule has 2 amide bonds. The van der Waals surface area contributed by atoms with Crippen molar-refractivity contribution < 1.29 is 26.4 Å². The minimum absolute atomic E-state index is 0.0491. The van der Waals surface area contributed by atoms with Crippen molar-refractivity contribution >= 4 is 22.2 Å². The minimum Gasteiger partial charge on any atom is -0.396 e. The summed E-state index contributed by atoms with van der Waals surface area (Å²) in [7, 11) is -5.05. The van der Waals surface area contributed by atoms with Crippen LogP contribution >= 0.6 is 0 Å². The number of rotatable bonds is 4. The predicted molar refractivity (Wildman–Crippen MR) is 72.9 cm³/mol. The average molecular weight is 318 g/mol. The highest BCUT2D eigenvalue weighted by Gasteiger charge is 2.25. The number of urea groups is 1. The molecule has 1 saturated heterocycles. The van der Waals surface area contributed by atoms with E-state index in [0.29, 0.717) is 18.8 Å². The lowest BCUT2D eigenvalue weighted by atomic mass is 10.1. The molecular formula is C12H15FN2O5S. The van der Waals surface area contributed by atoms with Crippen molar-refractivity contribution in [1.82, 2.24) is 4.90 Å². The predicted octanol–water partition coefficient (Wildman–Crippen LogP) is 1.13. The number of amides is 2. The number of nitrogens with one attached hydrogen (secondary N) is 1. The van der Waals surface area contributed by atoms with Gasteiger partial charge in [0.15, 0.2) is 0 Å². The highest BCUT2D eigenvalue weighted by Crippen LogP contribution is 2.20. The first kappa shape index (κ1) is 15.5. The number of anilines is 1. The van der Waals surface area contributed by atoms with Crippen molar-refractivity contribution in [3.8, 4) is 5.75 Å². The van der Waals surface area contributed by atoms with Crippen LogP contribution in [0.4, 0.5) is 14.4 Å². The van der Waals surface area contributed by atoms with Crippen molar-refractivity contribution in [2.45, 2.75) is 6.42 Å². The molecule has 21 heavy (non-hydrogen) atoms. The number of aliphatic hydroxyl groups is 1. The number of benzene rings is 1. The maximum Gasteiger partial charge on any atom is 0.488 e. The van der Waals surface area contributed by atoms with Gasteiger partial charge in [-0.2, -0.15) is 8.42 Å². The van der Waals surface area contributed by atoms with Gasteiger partial charge in [-0.15, -0.1) is 0 Å². The van der Waals surface area contributed by atoms with Gasteiger partial charge < -0.3 is 19.5 Å². The van der Waals surface area contributed by atoms with Crippen LogP contribution in [-0.2, 0) is 10.5 Å². The monoisotopic (exact) mass is 318 g/mol. The largest absolute Gasteiger partial charge is 0.488 e. The maximum absolute atomic E-state index is 12.3. The molecule has 9 heteroatoms. The van der Waals surface area contributed by atoms with Crippen LogP contribution in [0.15, 0.2) is 24.3 Å². The number of aliphatic hydroxyl groups excluding tert-OH is 1. The molecule has 2 N–H and O–H groups in total. The van der Waals surface area contributed by atoms with Crippen LogP contribution < -0.4 is 9.50 Å². The Morgan fingerprint density at radius 1 is 1.43 bits per heavy atom. The Hall–Kier alpha value is -1.87. The van der Waals surface area contributed by atoms with Crippen LogP contribution in [0.3, 0.4) is 0 Å². The van der Waals surface area contributed by atoms with Gasteiger partial charge in [0.05, 0.1) is 0 Å². The number of hydrogen-bond acceptors (Lipinski definition) is 5. The smallest absolute Gasteiger partial charge is 0.396 e. The molecule has 0 bridgehead atoms. The zero-order valence-corrected chi connectivity index (χ0v) is 11.8. The first-order valence-electron chi connectivity index (χ1n) is 6.28. The molecule has 1 aromatic carbocycles. The molecule has 1 atom stereocenters. The molecule has 1 aliphatic rings. The molecule has 7 nitrogen and oxygen atoms in total. The first-order valence-corrected chi connectivity index (χ1v) is 7.59. The normalized spacial score (nSPS) is 18.6. The molecule has 1 heterocycles. The Balaban J connectivity index is 1.93. The van der Waals surface area contributed by atoms with Gasteiger partial charge in [0.25, 0.3) is 0 Å². The van der Waals surface area contributed by atoms with Crippen molar-refractivity contribution in [2.24, 2.45) is 5.92 Å². The number of hydrogen-bond donors (Lipinski definition) is 2. The van der Waals surface area contributed by atoms with E-state index in [9.17, 15) is 17.1 Å². The fraction of sp³-hybridized carbons (Fsp3) is 0.417. The first-order chi connectivity index (χ1) is 9.87. The average Bonchev–Trinajstić information content (AvgIpc) is 2.88. The zero-order chi connectivity index (χ0) is 15.5. The Bertz CT molecular complexity index is 605. The number of carbonyl (C=O) groups excluding carboxylic acids is 1. The molecule has 1 fully saturated rings. The summed E-state index contributed by atoms with van der Waals surface area (Å²) < 4.78 is 37.0. The third-order valence-corrected chi connectivity index (χ3v) is 3.52. The van der Waals surface area contributed by atoms with Gasteiger partial charge in [0.1, 0.15) is 5.75 Å². The Morgan fingerprint density at radius 3 is 2.62 bits per heavy atom. The Morgan fingerprint density at radius 2 is 2.10 bits per heavy atom. The third-order valence-electron chi connectivity index (χ3n) is 3.13. The van der Waals surface area contributed by atoms with E-state index in [1.165, 1.54) is 24.3 Å². The number of halogens is 1. The van der Waals surface area contributed by atoms with E-state index in [-0.39, 0.29) is 24.3 Å². The molecule has 2 rings (SSSR count). The van der Waals surface area contributed by atoms with Gasteiger partial charge in [-0.05, 0) is 30.7 Å². The molecule has 1 unspecified atom stereocenters. The van der Waals surface area contributed by atoms with E-state index in [1.54, 1.807) is 4.90 Å². The van der Waals surface area contributed by atoms with Crippen molar-refractivity contribution in [1.29, 1.82) is 0 Å². The zero-order valence-electron chi connectivity index (χ0n) is 11.0. The van der Waals surface area contributed by atoms with Crippen molar-refractivity contribution in [3.63, 3.8) is 0 Å². The Kier molecular flexibility index (Phi) is 4.63. The standard InChI is InChI=1S/C12H15FN2O5S/c13-21(18,19)20-11-3-1-10(2-4-11)14-12(17)15-6-5-9(7-15)8-16/h1-4,9,16H,5-8H2,(H,14,17). The lowest BCUT2D eigenvalue weighted by Gasteiger charge is -2.17. The quantitative estimate of drug-likeness (QED) is 0.811. The van der Waals surface area contributed by atoms with E-state index in [4.69, 9.17) is 5.11 Å². The van der Waals surface area contributed by atoms with Crippen LogP contribution in [0, 0.1) is 5.92 Å². The molecule has 116 valence electrons. The van der Waals surface area contributed by atoms with Crippen LogP contribution in [0.2, 0.25) is 0 Å². The molecule has 1 aliphatic heterocycles. The second kappa shape index (κ2) is 6.27. The second-order valence-corrected chi connectivity index (χ2v) is 5.67. The summed E-state index contributed by atoms with van der Waals surface area (Å²) >= 11 is 0. The van der Waals surface area contributed by atoms with Gasteiger partial charge in [-0.1, -0.05) is 3.89 Å². The number of nitrogens with zero attached hydrogens (tertiary/aromatic N) is 1. The van der Waals surface area contributed by atoms with E-state index in [1.807, 2.05) is 0 Å². The SMILES string of the molecule is O=C(Nc1ccc(OS(=O)(=O)F)cc1)N1CCC(CO)C1. The highest BCUT2D eigenvalue weighted by atomic mass is 32.3. The van der Waals surface area contributed by atoms with Crippen LogP contribution in [-0.4, -0.2) is 44.2 Å². The summed E-state index contributed by atoms with van der Waals surface area (Å²) in [6.07, 6.45) is 0.755. The summed E-state index contributed by atoms with van der Waals surface area (Å²) in [6, 6.07) is 4.95. The summed E-state index contributed by atoms with van der Waals surface area (Å²) in [4.78, 5) is 13.5. The van der Waals surface area contributed by atoms with Gasteiger partial charge in [0, 0.05) is 31.3 Å². The molecular weight excluding hydrogens is 303 g/mol. The third kappa shape index (κ3) is 4.57. The van der Waals surface area contributed by atoms with E-state index in [2.05, 4.69) is 9.50 Å². The van der Waals surface area contributed by atoms with Crippen molar-refractivity contribution in [3.05, 3.63) is 24.3 Å². The van der Waals surface area contributed by atoms with E-state index in [0.717, 1.165) is 6.42 Å². The van der Waals surface area contributed by atoms with Crippen LogP contribution in [0.25, 0.3) is 0 Å². The second-order valence-electron chi connectivity index (χ2n) is 4.71. The maximum atomic E-state index is 12.3. The van der Waals surface area contributed by atoms with Crippen LogP contribution in [0.1, 0.15) is 6.42 Å². The fourth-order valence-corrected chi connectivity index (χ4v) is 2.42. The van der Waals surface area contributed by atoms with E-state index < -0.39 is 10.5 Å². The Labute approximate surface area is 121 Å². The van der Waals surface area contributed by atoms with Crippen LogP contribution in [0.5, 0.6) is 5.75 Å². The van der Waals surface area contributed by atoms with Gasteiger partial charge in [-0.3, -0.25) is 0 Å². The molecule has 0 aromatic heterocycles. The topological polar surface area (TPSA) is 95.9 Å². The van der Waals surface area contributed by atoms with Gasteiger partial charge >= 0.3 is 16.5 Å². The number of carbonyl (C=O) groups is 1. The summed E-state index contributed by atoms with van der Waals surface area (Å²) in [5, 5.41) is 11.7. The minimum atomic E-state index is -5.05. The lowest BCUT2D eigenvalue weighted by Crippen LogP contribution is -2.33. The molecule has 0 radical (unpaired) electrons. The molecule has 0 saturated carbocycles. The fourth-order valence-electron chi connectivity index (χ4n) is 2.08. The summed E-state index contributed by atoms with van der Waals surface area (Å²) in [5.41, 5.74) is 0.427. The molecule has 0 spiro atoms. The highest BCUT2D eigenvalue weighted by molar-refractivity contribution is 7.81. The van der Waals surface area contributed by atoms with E-state index >= 15 is 0 Å². The summed E-state index contributed by atoms with van der Waals surface area (Å²) in [5.74, 6) is -0.0849. The van der Waals surface area contributed by atoms with Crippen molar-refractivity contribution in [2.75, 3.05) is 25.0 Å². The lowest BCUT2D eigenvalue weighted by molar-refractivity contribution is 0.208. The molecule has 1 aromatic rings. The summed E-state index contributed by atoms with van der Waals surface area (Å²) in [6.45, 7) is 1.11. The van der Waals surface area contributed by atoms with Gasteiger partial charge in [0.2, 0.25) is 0 Å². The number of likely N-dealkylation sites (tertiary alicyclic amines) is 1. The van der Waals surface area contributed by atoms with Gasteiger partial charge in [-0.25, -0.2) is 4.79 Å². The molecule has 0 aliphatic carbocycles.